The second kappa shape index (κ2) is 9.88. The number of fused-ring (bicyclic) bond motifs is 8. The van der Waals surface area contributed by atoms with Gasteiger partial charge in [0, 0.05) is 33.4 Å². The molecule has 0 bridgehead atoms. The molecule has 45 heavy (non-hydrogen) atoms. The molecule has 1 aliphatic carbocycles. The minimum atomic E-state index is -0.132. The van der Waals surface area contributed by atoms with Crippen molar-refractivity contribution in [3.63, 3.8) is 0 Å². The van der Waals surface area contributed by atoms with E-state index in [1.165, 1.54) is 54.1 Å². The van der Waals surface area contributed by atoms with Crippen molar-refractivity contribution in [2.75, 3.05) is 4.90 Å². The zero-order valence-corrected chi connectivity index (χ0v) is 26.0. The maximum absolute atomic E-state index is 5.11. The predicted octanol–water partition coefficient (Wildman–Crippen LogP) is 12.0. The molecule has 0 amide bonds. The maximum atomic E-state index is 5.11. The van der Waals surface area contributed by atoms with E-state index in [4.69, 9.17) is 4.98 Å². The topological polar surface area (TPSA) is 16.1 Å². The summed E-state index contributed by atoms with van der Waals surface area (Å²) in [6.45, 7) is 4.75. The van der Waals surface area contributed by atoms with Gasteiger partial charge in [-0.25, -0.2) is 4.98 Å². The lowest BCUT2D eigenvalue weighted by Crippen LogP contribution is -2.16. The van der Waals surface area contributed by atoms with Gasteiger partial charge in [-0.2, -0.15) is 0 Å². The summed E-state index contributed by atoms with van der Waals surface area (Å²) in [5.41, 5.74) is 11.0. The molecule has 0 radical (unpaired) electrons. The van der Waals surface area contributed by atoms with E-state index in [1.54, 1.807) is 11.3 Å². The molecule has 1 aromatic heterocycles. The van der Waals surface area contributed by atoms with Gasteiger partial charge in [-0.15, -0.1) is 11.3 Å². The lowest BCUT2D eigenvalue weighted by molar-refractivity contribution is 0.666. The van der Waals surface area contributed by atoms with Crippen molar-refractivity contribution in [3.8, 4) is 21.7 Å². The summed E-state index contributed by atoms with van der Waals surface area (Å²) >= 11 is 1.80. The van der Waals surface area contributed by atoms with Gasteiger partial charge in [0.05, 0.1) is 10.2 Å². The average Bonchev–Trinajstić information content (AvgIpc) is 3.62. The molecular weight excluding hydrogens is 565 g/mol. The third-order valence-corrected chi connectivity index (χ3v) is 10.6. The molecule has 8 aromatic rings. The minimum Gasteiger partial charge on any atom is -0.310 e. The molecule has 0 unspecified atom stereocenters. The van der Waals surface area contributed by atoms with Crippen LogP contribution in [-0.2, 0) is 5.41 Å². The van der Waals surface area contributed by atoms with E-state index in [0.29, 0.717) is 0 Å². The highest BCUT2D eigenvalue weighted by Gasteiger charge is 2.37. The summed E-state index contributed by atoms with van der Waals surface area (Å²) in [6.07, 6.45) is 0. The molecule has 1 heterocycles. The molecule has 9 rings (SSSR count). The van der Waals surface area contributed by atoms with Gasteiger partial charge in [-0.3, -0.25) is 0 Å². The lowest BCUT2D eigenvalue weighted by Gasteiger charge is -2.27. The van der Waals surface area contributed by atoms with E-state index in [9.17, 15) is 0 Å². The molecule has 0 aliphatic heterocycles. The minimum absolute atomic E-state index is 0.132. The average molecular weight is 595 g/mol. The fourth-order valence-electron chi connectivity index (χ4n) is 7.31. The van der Waals surface area contributed by atoms with Crippen molar-refractivity contribution < 1.29 is 0 Å². The maximum Gasteiger partial charge on any atom is 0.124 e. The number of benzene rings is 7. The molecule has 2 nitrogen and oxygen atoms in total. The summed E-state index contributed by atoms with van der Waals surface area (Å²) in [4.78, 5) is 7.46. The first-order valence-corrected chi connectivity index (χ1v) is 16.3. The number of thiazole rings is 1. The number of para-hydroxylation sites is 2. The number of hydrogen-bond donors (Lipinski definition) is 0. The Hall–Kier alpha value is -5.25. The molecule has 1 aliphatic rings. The van der Waals surface area contributed by atoms with Gasteiger partial charge in [-0.1, -0.05) is 111 Å². The van der Waals surface area contributed by atoms with E-state index >= 15 is 0 Å². The molecule has 0 fully saturated rings. The third-order valence-electron chi connectivity index (χ3n) is 9.43. The molecule has 0 spiro atoms. The van der Waals surface area contributed by atoms with Crippen LogP contribution in [0.1, 0.15) is 25.0 Å². The highest BCUT2D eigenvalue weighted by atomic mass is 32.1. The Kier molecular flexibility index (Phi) is 5.75. The van der Waals surface area contributed by atoms with Crippen molar-refractivity contribution in [3.05, 3.63) is 157 Å². The van der Waals surface area contributed by atoms with Crippen molar-refractivity contribution in [2.45, 2.75) is 19.3 Å². The summed E-state index contributed by atoms with van der Waals surface area (Å²) in [5, 5.41) is 6.17. The Balaban J connectivity index is 1.20. The standard InChI is InChI=1S/C42H30N2S/c1-42(2)37-23-19-32(44(30-13-5-3-6-14-30)31-15-7-4-8-16-31)26-36(37)34-20-21-35-33(39(34)42)22-24-38-40(35)45-41(43-38)29-18-17-27-11-9-10-12-28(27)25-29/h3-26H,1-2H3. The second-order valence-electron chi connectivity index (χ2n) is 12.4. The van der Waals surface area contributed by atoms with Crippen molar-refractivity contribution >= 4 is 60.2 Å². The van der Waals surface area contributed by atoms with Gasteiger partial charge in [0.2, 0.25) is 0 Å². The fourth-order valence-corrected chi connectivity index (χ4v) is 8.40. The second-order valence-corrected chi connectivity index (χ2v) is 13.4. The summed E-state index contributed by atoms with van der Waals surface area (Å²) in [5.74, 6) is 0. The van der Waals surface area contributed by atoms with Crippen LogP contribution in [0.15, 0.2) is 146 Å². The largest absolute Gasteiger partial charge is 0.310 e. The molecule has 0 N–H and O–H groups in total. The molecule has 214 valence electrons. The molecule has 0 saturated carbocycles. The van der Waals surface area contributed by atoms with Crippen LogP contribution in [0.3, 0.4) is 0 Å². The number of nitrogens with zero attached hydrogens (tertiary/aromatic N) is 2. The van der Waals surface area contributed by atoms with E-state index in [1.807, 2.05) is 0 Å². The number of hydrogen-bond acceptors (Lipinski definition) is 3. The summed E-state index contributed by atoms with van der Waals surface area (Å²) < 4.78 is 1.25. The van der Waals surface area contributed by atoms with E-state index in [2.05, 4.69) is 164 Å². The van der Waals surface area contributed by atoms with Crippen LogP contribution >= 0.6 is 11.3 Å². The molecule has 3 heteroatoms. The van der Waals surface area contributed by atoms with E-state index in [-0.39, 0.29) is 5.41 Å². The van der Waals surface area contributed by atoms with Crippen molar-refractivity contribution in [1.29, 1.82) is 0 Å². The Labute approximate surface area is 266 Å². The Morgan fingerprint density at radius 1 is 0.556 bits per heavy atom. The SMILES string of the molecule is CC1(C)c2ccc(N(c3ccccc3)c3ccccc3)cc2-c2ccc3c(ccc4nc(-c5ccc6ccccc6c5)sc43)c21. The van der Waals surface area contributed by atoms with Crippen LogP contribution in [0, 0.1) is 0 Å². The molecule has 0 saturated heterocycles. The zero-order chi connectivity index (χ0) is 30.1. The molecule has 7 aromatic carbocycles. The van der Waals surface area contributed by atoms with Gasteiger partial charge in [0.25, 0.3) is 0 Å². The Bertz CT molecular complexity index is 2360. The third kappa shape index (κ3) is 4.04. The van der Waals surface area contributed by atoms with Crippen molar-refractivity contribution in [2.24, 2.45) is 0 Å². The van der Waals surface area contributed by atoms with Crippen LogP contribution in [0.2, 0.25) is 0 Å². The van der Waals surface area contributed by atoms with Crippen LogP contribution in [0.4, 0.5) is 17.1 Å². The van der Waals surface area contributed by atoms with E-state index in [0.717, 1.165) is 27.6 Å². The Morgan fingerprint density at radius 2 is 1.24 bits per heavy atom. The highest BCUT2D eigenvalue weighted by molar-refractivity contribution is 7.22. The summed E-state index contributed by atoms with van der Waals surface area (Å²) in [7, 11) is 0. The first-order valence-electron chi connectivity index (χ1n) is 15.5. The fraction of sp³-hybridized carbons (Fsp3) is 0.0714. The van der Waals surface area contributed by atoms with Crippen LogP contribution in [0.5, 0.6) is 0 Å². The Morgan fingerprint density at radius 3 is 2.00 bits per heavy atom. The lowest BCUT2D eigenvalue weighted by atomic mass is 9.80. The van der Waals surface area contributed by atoms with Gasteiger partial charge < -0.3 is 4.90 Å². The van der Waals surface area contributed by atoms with Crippen LogP contribution in [0.25, 0.3) is 53.5 Å². The van der Waals surface area contributed by atoms with Crippen LogP contribution in [-0.4, -0.2) is 4.98 Å². The number of rotatable bonds is 4. The smallest absolute Gasteiger partial charge is 0.124 e. The van der Waals surface area contributed by atoms with Gasteiger partial charge >= 0.3 is 0 Å². The van der Waals surface area contributed by atoms with Gasteiger partial charge in [0.15, 0.2) is 0 Å². The summed E-state index contributed by atoms with van der Waals surface area (Å²) in [6, 6.07) is 52.7. The van der Waals surface area contributed by atoms with Crippen LogP contribution < -0.4 is 4.90 Å². The van der Waals surface area contributed by atoms with Gasteiger partial charge in [0.1, 0.15) is 5.01 Å². The highest BCUT2D eigenvalue weighted by Crippen LogP contribution is 2.53. The molecule has 0 atom stereocenters. The normalized spacial score (nSPS) is 13.3. The van der Waals surface area contributed by atoms with Crippen molar-refractivity contribution in [1.82, 2.24) is 4.98 Å². The number of anilines is 3. The molecular formula is C42H30N2S. The number of aromatic nitrogens is 1. The zero-order valence-electron chi connectivity index (χ0n) is 25.2. The quantitative estimate of drug-likeness (QED) is 0.201. The predicted molar refractivity (Wildman–Crippen MR) is 192 cm³/mol. The monoisotopic (exact) mass is 594 g/mol. The first-order chi connectivity index (χ1) is 22.1. The van der Waals surface area contributed by atoms with E-state index < -0.39 is 0 Å². The first kappa shape index (κ1) is 26.2. The van der Waals surface area contributed by atoms with Gasteiger partial charge in [-0.05, 0) is 86.9 Å².